The number of halogens is 2. The molecule has 7 heteroatoms. The summed E-state index contributed by atoms with van der Waals surface area (Å²) in [5, 5.41) is 0. The van der Waals surface area contributed by atoms with Gasteiger partial charge in [0.05, 0.1) is 27.1 Å². The van der Waals surface area contributed by atoms with Crippen molar-refractivity contribution >= 4 is 61.6 Å². The van der Waals surface area contributed by atoms with Crippen LogP contribution >= 0.6 is 45.5 Å². The number of hydrogen-bond donors (Lipinski definition) is 1. The van der Waals surface area contributed by atoms with Crippen molar-refractivity contribution in [2.45, 2.75) is 0 Å². The molecule has 0 amide bonds. The van der Waals surface area contributed by atoms with Gasteiger partial charge in [0.1, 0.15) is 0 Å². The van der Waals surface area contributed by atoms with Crippen molar-refractivity contribution in [3.63, 3.8) is 0 Å². The molecule has 12 heavy (non-hydrogen) atoms. The molecule has 0 unspecified atom stereocenters. The van der Waals surface area contributed by atoms with Crippen LogP contribution in [0.15, 0.2) is 13.2 Å². The summed E-state index contributed by atoms with van der Waals surface area (Å²) in [6.45, 7) is 0. The molecule has 68 valence electrons. The zero-order valence-electron chi connectivity index (χ0n) is 6.70. The molecular weight excluding hydrogens is 384 g/mol. The number of nitrogens with zero attached hydrogens (tertiary/aromatic N) is 4. The van der Waals surface area contributed by atoms with Crippen LogP contribution < -0.4 is 5.73 Å². The predicted octanol–water partition coefficient (Wildman–Crippen LogP) is 1.03. The van der Waals surface area contributed by atoms with E-state index in [9.17, 15) is 0 Å². The zero-order valence-corrected chi connectivity index (χ0v) is 11.0. The van der Waals surface area contributed by atoms with Gasteiger partial charge >= 0.3 is 0 Å². The smallest absolute Gasteiger partial charge is 0.258 e. The summed E-state index contributed by atoms with van der Waals surface area (Å²) in [5.41, 5.74) is 5.54. The van der Waals surface area contributed by atoms with Crippen molar-refractivity contribution in [2.75, 3.05) is 14.1 Å². The highest BCUT2D eigenvalue weighted by atomic mass is 127. The van der Waals surface area contributed by atoms with Gasteiger partial charge in [-0.2, -0.15) is 8.20 Å². The van der Waals surface area contributed by atoms with E-state index in [1.807, 2.05) is 45.5 Å². The fraction of sp³-hybridized carbons (Fsp3) is 0.400. The highest BCUT2D eigenvalue weighted by Gasteiger charge is 1.96. The topological polar surface area (TPSA) is 66.3 Å². The molecule has 0 aliphatic carbocycles. The van der Waals surface area contributed by atoms with Gasteiger partial charge in [0.15, 0.2) is 5.96 Å². The molecule has 0 saturated heterocycles. The Morgan fingerprint density at radius 1 is 1.50 bits per heavy atom. The van der Waals surface area contributed by atoms with E-state index in [0.29, 0.717) is 11.9 Å². The van der Waals surface area contributed by atoms with E-state index in [0.717, 1.165) is 0 Å². The Hall–Kier alpha value is 0.0700. The van der Waals surface area contributed by atoms with Crippen LogP contribution in [0.3, 0.4) is 0 Å². The van der Waals surface area contributed by atoms with Crippen LogP contribution in [0.25, 0.3) is 0 Å². The molecule has 0 rings (SSSR count). The summed E-state index contributed by atoms with van der Waals surface area (Å²) >= 11 is 3.81. The van der Waals surface area contributed by atoms with Gasteiger partial charge < -0.3 is 10.6 Å². The van der Waals surface area contributed by atoms with Crippen molar-refractivity contribution in [2.24, 2.45) is 18.9 Å². The first-order chi connectivity index (χ1) is 5.61. The maximum atomic E-state index is 5.54. The first-order valence-corrected chi connectivity index (χ1v) is 5.16. The summed E-state index contributed by atoms with van der Waals surface area (Å²) < 4.78 is 5.37. The average molecular weight is 393 g/mol. The van der Waals surface area contributed by atoms with Crippen LogP contribution in [0.1, 0.15) is 0 Å². The molecule has 0 aromatic rings. The van der Waals surface area contributed by atoms with Crippen molar-refractivity contribution in [3.05, 3.63) is 0 Å². The fourth-order valence-electron chi connectivity index (χ4n) is 0.316. The number of rotatable bonds is 0. The van der Waals surface area contributed by atoms with Crippen molar-refractivity contribution < 1.29 is 0 Å². The molecule has 0 spiro atoms. The lowest BCUT2D eigenvalue weighted by Crippen LogP contribution is -2.31. The Morgan fingerprint density at radius 2 is 2.08 bits per heavy atom. The minimum Gasteiger partial charge on any atom is -0.369 e. The number of guanidine groups is 2. The molecule has 0 aromatic heterocycles. The Kier molecular flexibility index (Phi) is 6.61. The quantitative estimate of drug-likeness (QED) is 0.380. The second kappa shape index (κ2) is 6.57. The van der Waals surface area contributed by atoms with E-state index in [-0.39, 0.29) is 0 Å². The highest BCUT2D eigenvalue weighted by Crippen LogP contribution is 1.92. The third-order valence-corrected chi connectivity index (χ3v) is 1.62. The summed E-state index contributed by atoms with van der Waals surface area (Å²) in [6.07, 6.45) is 0. The molecule has 0 radical (unpaired) electrons. The van der Waals surface area contributed by atoms with Crippen LogP contribution in [-0.4, -0.2) is 35.1 Å². The summed E-state index contributed by atoms with van der Waals surface area (Å²) in [6, 6.07) is 0. The molecule has 2 N–H and O–H groups in total. The fourth-order valence-corrected chi connectivity index (χ4v) is 0.797. The average Bonchev–Trinajstić information content (AvgIpc) is 2.03. The highest BCUT2D eigenvalue weighted by molar-refractivity contribution is 14.1. The van der Waals surface area contributed by atoms with E-state index in [4.69, 9.17) is 5.73 Å². The van der Waals surface area contributed by atoms with Crippen LogP contribution in [0, 0.1) is 0 Å². The predicted molar refractivity (Wildman–Crippen MR) is 69.3 cm³/mol. The van der Waals surface area contributed by atoms with E-state index in [2.05, 4.69) is 13.2 Å². The monoisotopic (exact) mass is 393 g/mol. The molecule has 0 bridgehead atoms. The lowest BCUT2D eigenvalue weighted by molar-refractivity contribution is 0.615. The van der Waals surface area contributed by atoms with E-state index in [1.54, 1.807) is 23.2 Å². The lowest BCUT2D eigenvalue weighted by Gasteiger charge is -2.09. The Balaban J connectivity index is 4.48. The Labute approximate surface area is 98.9 Å². The zero-order chi connectivity index (χ0) is 9.56. The van der Waals surface area contributed by atoms with E-state index in [1.165, 1.54) is 0 Å². The van der Waals surface area contributed by atoms with Crippen LogP contribution in [-0.2, 0) is 0 Å². The first-order valence-electron chi connectivity index (χ1n) is 2.95. The molecule has 0 heterocycles. The first kappa shape index (κ1) is 12.1. The number of aliphatic imine (C=N–C) groups is 2. The van der Waals surface area contributed by atoms with Crippen molar-refractivity contribution in [3.8, 4) is 0 Å². The van der Waals surface area contributed by atoms with Gasteiger partial charge in [-0.1, -0.05) is 0 Å². The van der Waals surface area contributed by atoms with Crippen molar-refractivity contribution in [1.82, 2.24) is 4.90 Å². The van der Waals surface area contributed by atoms with Gasteiger partial charge in [0.2, 0.25) is 0 Å². The Bertz CT molecular complexity index is 220. The minimum atomic E-state index is 0.358. The summed E-state index contributed by atoms with van der Waals surface area (Å²) in [7, 11) is 3.61. The van der Waals surface area contributed by atoms with Gasteiger partial charge in [0.25, 0.3) is 5.96 Å². The van der Waals surface area contributed by atoms with Gasteiger partial charge in [0, 0.05) is 14.1 Å². The van der Waals surface area contributed by atoms with E-state index >= 15 is 0 Å². The third kappa shape index (κ3) is 4.85. The van der Waals surface area contributed by atoms with Gasteiger partial charge in [-0.05, 0) is 22.6 Å². The summed E-state index contributed by atoms with van der Waals surface area (Å²) in [5.74, 6) is 0.739. The molecule has 0 aliphatic rings. The van der Waals surface area contributed by atoms with Crippen molar-refractivity contribution in [1.29, 1.82) is 0 Å². The number of nitrogens with two attached hydrogens (primary N) is 1. The third-order valence-electron chi connectivity index (χ3n) is 0.913. The molecule has 5 nitrogen and oxygen atoms in total. The number of hydrogen-bond acceptors (Lipinski definition) is 1. The van der Waals surface area contributed by atoms with E-state index < -0.39 is 0 Å². The SMILES string of the molecule is CN(C)C(N)=NC(N=CI)=NI. The molecular formula is C5H9I2N5. The van der Waals surface area contributed by atoms with Gasteiger partial charge in [-0.25, -0.2) is 4.99 Å². The molecule has 0 atom stereocenters. The van der Waals surface area contributed by atoms with Crippen LogP contribution in [0.4, 0.5) is 0 Å². The second-order valence-electron chi connectivity index (χ2n) is 1.98. The molecule has 0 aromatic carbocycles. The summed E-state index contributed by atoms with van der Waals surface area (Å²) in [4.78, 5) is 9.50. The minimum absolute atomic E-state index is 0.358. The second-order valence-corrected chi connectivity index (χ2v) is 3.02. The molecule has 0 saturated carbocycles. The van der Waals surface area contributed by atoms with Crippen LogP contribution in [0.2, 0.25) is 0 Å². The molecule has 0 aliphatic heterocycles. The van der Waals surface area contributed by atoms with Gasteiger partial charge in [-0.15, -0.1) is 0 Å². The Morgan fingerprint density at radius 3 is 2.42 bits per heavy atom. The molecule has 0 fully saturated rings. The maximum Gasteiger partial charge on any atom is 0.258 e. The van der Waals surface area contributed by atoms with Crippen LogP contribution in [0.5, 0.6) is 0 Å². The largest absolute Gasteiger partial charge is 0.369 e. The normalized spacial score (nSPS) is 14.0. The van der Waals surface area contributed by atoms with Gasteiger partial charge in [-0.3, -0.25) is 0 Å². The maximum absolute atomic E-state index is 5.54. The lowest BCUT2D eigenvalue weighted by atomic mass is 10.8. The standard InChI is InChI=1S/C5H9I2N5/c1-12(2)4(8)10-5(11-7)9-3-6/h3H,1-2H3,(H2,8,10,11).